The summed E-state index contributed by atoms with van der Waals surface area (Å²) in [7, 11) is 2.35. The SMILES string of the molecule is Cc1cc(-c2[nH]c3ccc(C4CCC(N(C)C5CC5)CC4)cc3c2C(C)C)cn2ncnc12. The van der Waals surface area contributed by atoms with Gasteiger partial charge in [-0.2, -0.15) is 5.10 Å². The van der Waals surface area contributed by atoms with Gasteiger partial charge in [-0.3, -0.25) is 0 Å². The first kappa shape index (κ1) is 20.9. The van der Waals surface area contributed by atoms with Gasteiger partial charge in [0.25, 0.3) is 0 Å². The molecule has 2 aliphatic carbocycles. The molecule has 0 unspecified atom stereocenters. The van der Waals surface area contributed by atoms with Gasteiger partial charge in [0.05, 0.1) is 5.69 Å². The number of hydrogen-bond donors (Lipinski definition) is 1. The van der Waals surface area contributed by atoms with Crippen molar-refractivity contribution in [3.63, 3.8) is 0 Å². The molecule has 2 fully saturated rings. The Bertz CT molecular complexity index is 1300. The topological polar surface area (TPSA) is 49.2 Å². The van der Waals surface area contributed by atoms with E-state index in [4.69, 9.17) is 0 Å². The van der Waals surface area contributed by atoms with Crippen LogP contribution in [0.25, 0.3) is 27.8 Å². The van der Waals surface area contributed by atoms with Crippen molar-refractivity contribution in [2.24, 2.45) is 0 Å². The average molecular weight is 442 g/mol. The van der Waals surface area contributed by atoms with Crippen LogP contribution in [0.15, 0.2) is 36.8 Å². The van der Waals surface area contributed by atoms with Crippen LogP contribution in [0.1, 0.15) is 80.9 Å². The highest BCUT2D eigenvalue weighted by molar-refractivity contribution is 5.92. The molecule has 0 amide bonds. The third kappa shape index (κ3) is 3.67. The van der Waals surface area contributed by atoms with Gasteiger partial charge in [-0.1, -0.05) is 19.9 Å². The van der Waals surface area contributed by atoms with Gasteiger partial charge in [0, 0.05) is 34.7 Å². The molecule has 3 heterocycles. The Kier molecular flexibility index (Phi) is 5.06. The molecule has 0 atom stereocenters. The van der Waals surface area contributed by atoms with Crippen molar-refractivity contribution in [3.8, 4) is 11.3 Å². The normalized spacial score (nSPS) is 21.6. The lowest BCUT2D eigenvalue weighted by atomic mass is 9.80. The van der Waals surface area contributed by atoms with Crippen molar-refractivity contribution in [2.75, 3.05) is 7.05 Å². The van der Waals surface area contributed by atoms with Gasteiger partial charge >= 0.3 is 0 Å². The second-order valence-electron chi connectivity index (χ2n) is 10.7. The molecule has 5 nitrogen and oxygen atoms in total. The minimum absolute atomic E-state index is 0.429. The molecular weight excluding hydrogens is 406 g/mol. The van der Waals surface area contributed by atoms with Gasteiger partial charge in [-0.05, 0) is 99.2 Å². The molecule has 2 saturated carbocycles. The van der Waals surface area contributed by atoms with E-state index in [1.807, 2.05) is 4.52 Å². The van der Waals surface area contributed by atoms with Crippen LogP contribution >= 0.6 is 0 Å². The van der Waals surface area contributed by atoms with E-state index >= 15 is 0 Å². The minimum atomic E-state index is 0.429. The van der Waals surface area contributed by atoms with Gasteiger partial charge in [-0.25, -0.2) is 9.50 Å². The highest BCUT2D eigenvalue weighted by Gasteiger charge is 2.33. The Balaban J connectivity index is 1.34. The summed E-state index contributed by atoms with van der Waals surface area (Å²) in [5, 5.41) is 5.77. The summed E-state index contributed by atoms with van der Waals surface area (Å²) in [5.74, 6) is 1.11. The molecule has 0 saturated heterocycles. The quantitative estimate of drug-likeness (QED) is 0.388. The number of aromatic amines is 1. The predicted molar refractivity (Wildman–Crippen MR) is 135 cm³/mol. The van der Waals surface area contributed by atoms with Gasteiger partial charge in [0.2, 0.25) is 0 Å². The van der Waals surface area contributed by atoms with Crippen molar-refractivity contribution >= 4 is 16.6 Å². The summed E-state index contributed by atoms with van der Waals surface area (Å²) in [4.78, 5) is 10.8. The summed E-state index contributed by atoms with van der Waals surface area (Å²) in [6.07, 6.45) is 11.8. The van der Waals surface area contributed by atoms with Crippen molar-refractivity contribution in [1.29, 1.82) is 0 Å². The lowest BCUT2D eigenvalue weighted by Gasteiger charge is -2.35. The number of H-pyrrole nitrogens is 1. The monoisotopic (exact) mass is 441 g/mol. The fraction of sp³-hybridized carbons (Fsp3) is 0.500. The van der Waals surface area contributed by atoms with Crippen LogP contribution in [0.5, 0.6) is 0 Å². The molecule has 3 aromatic heterocycles. The van der Waals surface area contributed by atoms with Crippen molar-refractivity contribution in [1.82, 2.24) is 24.5 Å². The van der Waals surface area contributed by atoms with Crippen LogP contribution in [0.2, 0.25) is 0 Å². The molecule has 0 aliphatic heterocycles. The lowest BCUT2D eigenvalue weighted by Crippen LogP contribution is -2.36. The maximum atomic E-state index is 4.39. The number of nitrogens with one attached hydrogen (secondary N) is 1. The standard InChI is InChI=1S/C28H35N5/c1-17(2)26-24-14-20(19-5-8-22(9-6-19)32(4)23-10-11-23)7-12-25(24)31-27(26)21-13-18(3)28-29-16-30-33(28)15-21/h7,12-17,19,22-23,31H,5-6,8-11H2,1-4H3. The maximum Gasteiger partial charge on any atom is 0.158 e. The van der Waals surface area contributed by atoms with Gasteiger partial charge < -0.3 is 9.88 Å². The number of aryl methyl sites for hydroxylation is 1. The highest BCUT2D eigenvalue weighted by atomic mass is 15.3. The molecule has 1 N–H and O–H groups in total. The summed E-state index contributed by atoms with van der Waals surface area (Å²) in [6, 6.07) is 11.1. The summed E-state index contributed by atoms with van der Waals surface area (Å²) >= 11 is 0. The first-order chi connectivity index (χ1) is 16.0. The number of fused-ring (bicyclic) bond motifs is 2. The van der Waals surface area contributed by atoms with Gasteiger partial charge in [0.15, 0.2) is 5.65 Å². The zero-order valence-corrected chi connectivity index (χ0v) is 20.3. The fourth-order valence-corrected chi connectivity index (χ4v) is 6.14. The molecular formula is C28H35N5. The Morgan fingerprint density at radius 2 is 1.76 bits per heavy atom. The van der Waals surface area contributed by atoms with Crippen LogP contribution < -0.4 is 0 Å². The van der Waals surface area contributed by atoms with E-state index in [1.54, 1.807) is 6.33 Å². The number of rotatable bonds is 5. The Labute approximate surface area is 196 Å². The molecule has 0 bridgehead atoms. The number of aromatic nitrogens is 4. The van der Waals surface area contributed by atoms with Crippen molar-refractivity contribution in [2.45, 2.75) is 83.2 Å². The lowest BCUT2D eigenvalue weighted by molar-refractivity contribution is 0.174. The number of nitrogens with zero attached hydrogens (tertiary/aromatic N) is 4. The van der Waals surface area contributed by atoms with E-state index in [9.17, 15) is 0 Å². The predicted octanol–water partition coefficient (Wildman–Crippen LogP) is 6.43. The second-order valence-corrected chi connectivity index (χ2v) is 10.7. The third-order valence-corrected chi connectivity index (χ3v) is 8.15. The summed E-state index contributed by atoms with van der Waals surface area (Å²) in [6.45, 7) is 6.72. The van der Waals surface area contributed by atoms with E-state index in [2.05, 4.69) is 78.2 Å². The van der Waals surface area contributed by atoms with Gasteiger partial charge in [-0.15, -0.1) is 0 Å². The largest absolute Gasteiger partial charge is 0.354 e. The number of benzene rings is 1. The molecule has 0 radical (unpaired) electrons. The van der Waals surface area contributed by atoms with Gasteiger partial charge in [0.1, 0.15) is 6.33 Å². The Hall–Kier alpha value is -2.66. The molecule has 33 heavy (non-hydrogen) atoms. The maximum absolute atomic E-state index is 4.39. The Morgan fingerprint density at radius 1 is 1.03 bits per heavy atom. The summed E-state index contributed by atoms with van der Waals surface area (Å²) in [5.41, 5.74) is 8.62. The zero-order valence-electron chi connectivity index (χ0n) is 20.3. The molecule has 2 aliphatic rings. The number of pyridine rings is 1. The first-order valence-corrected chi connectivity index (χ1v) is 12.7. The molecule has 0 spiro atoms. The average Bonchev–Trinajstić information content (AvgIpc) is 3.42. The number of hydrogen-bond acceptors (Lipinski definition) is 3. The van der Waals surface area contributed by atoms with Crippen LogP contribution in [-0.4, -0.2) is 43.6 Å². The van der Waals surface area contributed by atoms with E-state index in [0.717, 1.165) is 23.3 Å². The van der Waals surface area contributed by atoms with Crippen molar-refractivity contribution < 1.29 is 0 Å². The second kappa shape index (κ2) is 7.98. The summed E-state index contributed by atoms with van der Waals surface area (Å²) < 4.78 is 1.89. The van der Waals surface area contributed by atoms with E-state index in [-0.39, 0.29) is 0 Å². The van der Waals surface area contributed by atoms with Crippen molar-refractivity contribution in [3.05, 3.63) is 53.5 Å². The first-order valence-electron chi connectivity index (χ1n) is 12.7. The van der Waals surface area contributed by atoms with Crippen LogP contribution in [-0.2, 0) is 0 Å². The van der Waals surface area contributed by atoms with Crippen LogP contribution in [0.3, 0.4) is 0 Å². The third-order valence-electron chi connectivity index (χ3n) is 8.15. The van der Waals surface area contributed by atoms with E-state index < -0.39 is 0 Å². The van der Waals surface area contributed by atoms with Crippen LogP contribution in [0.4, 0.5) is 0 Å². The van der Waals surface area contributed by atoms with Crippen LogP contribution in [0, 0.1) is 6.92 Å². The molecule has 4 aromatic rings. The Morgan fingerprint density at radius 3 is 2.45 bits per heavy atom. The van der Waals surface area contributed by atoms with E-state index in [0.29, 0.717) is 11.8 Å². The molecule has 1 aromatic carbocycles. The highest BCUT2D eigenvalue weighted by Crippen LogP contribution is 2.41. The zero-order chi connectivity index (χ0) is 22.7. The molecule has 5 heteroatoms. The molecule has 172 valence electrons. The van der Waals surface area contributed by atoms with E-state index in [1.165, 1.54) is 71.8 Å². The minimum Gasteiger partial charge on any atom is -0.354 e. The fourth-order valence-electron chi connectivity index (χ4n) is 6.14. The smallest absolute Gasteiger partial charge is 0.158 e. The molecule has 6 rings (SSSR count).